The first-order valence-electron chi connectivity index (χ1n) is 9.22. The summed E-state index contributed by atoms with van der Waals surface area (Å²) in [7, 11) is 1.68. The van der Waals surface area contributed by atoms with Crippen LogP contribution >= 0.6 is 0 Å². The van der Waals surface area contributed by atoms with Gasteiger partial charge in [0.2, 0.25) is 11.5 Å². The maximum absolute atomic E-state index is 6.09. The van der Waals surface area contributed by atoms with Gasteiger partial charge < -0.3 is 14.1 Å². The molecule has 0 saturated heterocycles. The van der Waals surface area contributed by atoms with Crippen molar-refractivity contribution in [1.82, 2.24) is 24.8 Å². The van der Waals surface area contributed by atoms with Crippen LogP contribution in [-0.4, -0.2) is 38.4 Å². The first-order chi connectivity index (χ1) is 13.7. The van der Waals surface area contributed by atoms with E-state index in [2.05, 4.69) is 20.2 Å². The Morgan fingerprint density at radius 3 is 2.89 bits per heavy atom. The highest BCUT2D eigenvalue weighted by molar-refractivity contribution is 5.68. The van der Waals surface area contributed by atoms with Crippen molar-refractivity contribution >= 4 is 11.3 Å². The fourth-order valence-corrected chi connectivity index (χ4v) is 3.71. The van der Waals surface area contributed by atoms with E-state index < -0.39 is 0 Å². The average molecular weight is 376 g/mol. The van der Waals surface area contributed by atoms with Gasteiger partial charge in [-0.05, 0) is 18.6 Å². The molecule has 8 nitrogen and oxygen atoms in total. The van der Waals surface area contributed by atoms with E-state index in [1.807, 2.05) is 43.3 Å². The molecule has 4 heterocycles. The molecule has 3 aromatic heterocycles. The minimum absolute atomic E-state index is 0.313. The van der Waals surface area contributed by atoms with Gasteiger partial charge in [-0.25, -0.2) is 4.98 Å². The van der Waals surface area contributed by atoms with Gasteiger partial charge in [-0.1, -0.05) is 30.3 Å². The number of fused-ring (bicyclic) bond motifs is 2. The molecule has 0 N–H and O–H groups in total. The number of aryl methyl sites for hydroxylation is 1. The molecule has 1 aliphatic rings. The Labute approximate surface area is 161 Å². The van der Waals surface area contributed by atoms with Crippen molar-refractivity contribution in [3.63, 3.8) is 0 Å². The summed E-state index contributed by atoms with van der Waals surface area (Å²) < 4.78 is 13.5. The molecule has 4 aromatic rings. The number of rotatable bonds is 4. The predicted molar refractivity (Wildman–Crippen MR) is 102 cm³/mol. The Morgan fingerprint density at radius 2 is 2.07 bits per heavy atom. The maximum atomic E-state index is 6.09. The van der Waals surface area contributed by atoms with E-state index in [1.54, 1.807) is 18.0 Å². The van der Waals surface area contributed by atoms with Gasteiger partial charge >= 0.3 is 0 Å². The van der Waals surface area contributed by atoms with E-state index in [0.29, 0.717) is 12.4 Å². The summed E-state index contributed by atoms with van der Waals surface area (Å²) in [5, 5.41) is 12.6. The van der Waals surface area contributed by atoms with E-state index in [0.717, 1.165) is 47.0 Å². The zero-order chi connectivity index (χ0) is 19.1. The Bertz CT molecular complexity index is 1120. The standard InChI is InChI=1S/C20H20N6O2/c1-13-10-16(19-23-21-12-26(19)24-13)25-9-8-17-15(11-25)22-20(28-17)18(27-2)14-6-4-3-5-7-14/h3-7,10,12,18H,8-9,11H2,1-2H3. The lowest BCUT2D eigenvalue weighted by Gasteiger charge is -2.27. The molecule has 1 unspecified atom stereocenters. The van der Waals surface area contributed by atoms with Crippen LogP contribution in [0.4, 0.5) is 5.69 Å². The van der Waals surface area contributed by atoms with Crippen LogP contribution in [0.3, 0.4) is 0 Å². The van der Waals surface area contributed by atoms with Crippen molar-refractivity contribution in [3.05, 3.63) is 71.3 Å². The van der Waals surface area contributed by atoms with Crippen LogP contribution in [0.2, 0.25) is 0 Å². The lowest BCUT2D eigenvalue weighted by molar-refractivity contribution is 0.110. The SMILES string of the molecule is COC(c1ccccc1)c1nc2c(o1)CCN(c1cc(C)nn3cnnc13)C2. The molecule has 1 atom stereocenters. The predicted octanol–water partition coefficient (Wildman–Crippen LogP) is 2.72. The van der Waals surface area contributed by atoms with Gasteiger partial charge in [-0.2, -0.15) is 9.61 Å². The highest BCUT2D eigenvalue weighted by atomic mass is 16.5. The number of benzene rings is 1. The van der Waals surface area contributed by atoms with Crippen LogP contribution in [0.1, 0.15) is 34.7 Å². The summed E-state index contributed by atoms with van der Waals surface area (Å²) >= 11 is 0. The smallest absolute Gasteiger partial charge is 0.228 e. The van der Waals surface area contributed by atoms with Crippen molar-refractivity contribution in [1.29, 1.82) is 0 Å². The fraction of sp³-hybridized carbons (Fsp3) is 0.300. The van der Waals surface area contributed by atoms with Gasteiger partial charge in [0.15, 0.2) is 6.10 Å². The first kappa shape index (κ1) is 16.9. The number of ether oxygens (including phenoxy) is 1. The average Bonchev–Trinajstić information content (AvgIpc) is 3.34. The number of nitrogens with zero attached hydrogens (tertiary/aromatic N) is 6. The summed E-state index contributed by atoms with van der Waals surface area (Å²) in [5.74, 6) is 1.52. The third-order valence-corrected chi connectivity index (χ3v) is 5.02. The van der Waals surface area contributed by atoms with Crippen LogP contribution in [0, 0.1) is 6.92 Å². The molecule has 0 radical (unpaired) electrons. The minimum atomic E-state index is -0.313. The van der Waals surface area contributed by atoms with E-state index in [9.17, 15) is 0 Å². The third-order valence-electron chi connectivity index (χ3n) is 5.02. The summed E-state index contributed by atoms with van der Waals surface area (Å²) in [6.07, 6.45) is 2.08. The summed E-state index contributed by atoms with van der Waals surface area (Å²) in [5.41, 5.74) is 4.63. The van der Waals surface area contributed by atoms with Crippen LogP contribution < -0.4 is 4.90 Å². The zero-order valence-corrected chi connectivity index (χ0v) is 15.7. The molecular formula is C20H20N6O2. The van der Waals surface area contributed by atoms with Gasteiger partial charge in [0, 0.05) is 20.1 Å². The van der Waals surface area contributed by atoms with Crippen molar-refractivity contribution in [2.45, 2.75) is 26.0 Å². The molecule has 5 rings (SSSR count). The summed E-state index contributed by atoms with van der Waals surface area (Å²) in [4.78, 5) is 7.02. The Balaban J connectivity index is 1.47. The molecule has 0 bridgehead atoms. The molecule has 0 amide bonds. The van der Waals surface area contributed by atoms with Gasteiger partial charge in [-0.3, -0.25) is 0 Å². The Morgan fingerprint density at radius 1 is 1.21 bits per heavy atom. The molecular weight excluding hydrogens is 356 g/mol. The highest BCUT2D eigenvalue weighted by Crippen LogP contribution is 2.31. The second kappa shape index (κ2) is 6.72. The largest absolute Gasteiger partial charge is 0.442 e. The minimum Gasteiger partial charge on any atom is -0.442 e. The van der Waals surface area contributed by atoms with Crippen molar-refractivity contribution < 1.29 is 9.15 Å². The molecule has 0 aliphatic carbocycles. The monoisotopic (exact) mass is 376 g/mol. The van der Waals surface area contributed by atoms with E-state index in [1.165, 1.54) is 0 Å². The second-order valence-electron chi connectivity index (χ2n) is 6.89. The molecule has 1 aliphatic heterocycles. The Hall–Kier alpha value is -3.26. The fourth-order valence-electron chi connectivity index (χ4n) is 3.71. The third kappa shape index (κ3) is 2.82. The van der Waals surface area contributed by atoms with Gasteiger partial charge in [0.1, 0.15) is 17.8 Å². The number of methoxy groups -OCH3 is 1. The van der Waals surface area contributed by atoms with Gasteiger partial charge in [-0.15, -0.1) is 10.2 Å². The molecule has 0 fully saturated rings. The van der Waals surface area contributed by atoms with Gasteiger partial charge in [0.25, 0.3) is 0 Å². The molecule has 0 saturated carbocycles. The van der Waals surface area contributed by atoms with Crippen LogP contribution in [0.25, 0.3) is 5.65 Å². The number of aromatic nitrogens is 5. The van der Waals surface area contributed by atoms with Gasteiger partial charge in [0.05, 0.1) is 17.9 Å². The quantitative estimate of drug-likeness (QED) is 0.542. The second-order valence-corrected chi connectivity index (χ2v) is 6.89. The molecule has 1 aromatic carbocycles. The molecule has 8 heteroatoms. The van der Waals surface area contributed by atoms with Crippen LogP contribution in [0.5, 0.6) is 0 Å². The molecule has 142 valence electrons. The van der Waals surface area contributed by atoms with Crippen molar-refractivity contribution in [2.24, 2.45) is 0 Å². The lowest BCUT2D eigenvalue weighted by atomic mass is 10.1. The number of anilines is 1. The summed E-state index contributed by atoms with van der Waals surface area (Å²) in [6.45, 7) is 3.43. The van der Waals surface area contributed by atoms with Crippen molar-refractivity contribution in [3.8, 4) is 0 Å². The van der Waals surface area contributed by atoms with Crippen LogP contribution in [-0.2, 0) is 17.7 Å². The number of hydrogen-bond acceptors (Lipinski definition) is 7. The normalized spacial score (nSPS) is 15.0. The Kier molecular flexibility index (Phi) is 4.05. The summed E-state index contributed by atoms with van der Waals surface area (Å²) in [6, 6.07) is 12.0. The van der Waals surface area contributed by atoms with E-state index in [-0.39, 0.29) is 6.10 Å². The number of hydrogen-bond donors (Lipinski definition) is 0. The maximum Gasteiger partial charge on any atom is 0.228 e. The topological polar surface area (TPSA) is 81.6 Å². The molecule has 28 heavy (non-hydrogen) atoms. The number of oxazole rings is 1. The van der Waals surface area contributed by atoms with E-state index >= 15 is 0 Å². The highest BCUT2D eigenvalue weighted by Gasteiger charge is 2.28. The molecule has 0 spiro atoms. The van der Waals surface area contributed by atoms with Crippen molar-refractivity contribution in [2.75, 3.05) is 18.6 Å². The lowest BCUT2D eigenvalue weighted by Crippen LogP contribution is -2.30. The van der Waals surface area contributed by atoms with Crippen LogP contribution in [0.15, 0.2) is 47.1 Å². The first-order valence-corrected chi connectivity index (χ1v) is 9.22. The zero-order valence-electron chi connectivity index (χ0n) is 15.7. The van der Waals surface area contributed by atoms with E-state index in [4.69, 9.17) is 14.1 Å².